The lowest BCUT2D eigenvalue weighted by atomic mass is 9.89. The molecule has 0 aliphatic heterocycles. The van der Waals surface area contributed by atoms with Crippen molar-refractivity contribution in [3.8, 4) is 0 Å². The third-order valence-electron chi connectivity index (χ3n) is 4.58. The molecule has 4 atom stereocenters. The molecule has 5 heteroatoms. The van der Waals surface area contributed by atoms with Gasteiger partial charge in [0.15, 0.2) is 0 Å². The lowest BCUT2D eigenvalue weighted by Crippen LogP contribution is -2.43. The number of carboxylic acid groups (broad SMARTS) is 1. The van der Waals surface area contributed by atoms with Crippen molar-refractivity contribution in [2.75, 3.05) is 6.54 Å². The Morgan fingerprint density at radius 2 is 2.11 bits per heavy atom. The van der Waals surface area contributed by atoms with Crippen molar-refractivity contribution in [1.29, 1.82) is 0 Å². The molecule has 3 N–H and O–H groups in total. The molecule has 2 fully saturated rings. The Bertz CT molecular complexity index is 346. The molecule has 2 rings (SSSR count). The average Bonchev–Trinajstić information content (AvgIpc) is 2.96. The quantitative estimate of drug-likeness (QED) is 0.689. The molecule has 4 unspecified atom stereocenters. The standard InChI is InChI=1S/C14H24N2O3/c1-9(2-5-13(17)18)16-14(19)15-8-12-7-10-3-4-11(12)6-10/h9-12H,2-8H2,1H3,(H,17,18)(H2,15,16,19). The summed E-state index contributed by atoms with van der Waals surface area (Å²) >= 11 is 0. The van der Waals surface area contributed by atoms with E-state index in [-0.39, 0.29) is 18.5 Å². The lowest BCUT2D eigenvalue weighted by Gasteiger charge is -2.22. The van der Waals surface area contributed by atoms with E-state index in [1.54, 1.807) is 0 Å². The predicted octanol–water partition coefficient (Wildman–Crippen LogP) is 1.98. The molecule has 0 spiro atoms. The largest absolute Gasteiger partial charge is 0.481 e. The fourth-order valence-corrected chi connectivity index (χ4v) is 3.54. The van der Waals surface area contributed by atoms with E-state index in [2.05, 4.69) is 10.6 Å². The van der Waals surface area contributed by atoms with Gasteiger partial charge in [-0.3, -0.25) is 4.79 Å². The van der Waals surface area contributed by atoms with E-state index in [0.717, 1.165) is 18.4 Å². The van der Waals surface area contributed by atoms with E-state index in [0.29, 0.717) is 12.3 Å². The van der Waals surface area contributed by atoms with Crippen LogP contribution < -0.4 is 10.6 Å². The lowest BCUT2D eigenvalue weighted by molar-refractivity contribution is -0.137. The normalized spacial score (nSPS) is 30.1. The summed E-state index contributed by atoms with van der Waals surface area (Å²) in [6.07, 6.45) is 5.88. The minimum atomic E-state index is -0.823. The summed E-state index contributed by atoms with van der Waals surface area (Å²) < 4.78 is 0. The Labute approximate surface area is 114 Å². The first-order chi connectivity index (χ1) is 9.04. The number of aliphatic carboxylic acids is 1. The number of rotatable bonds is 6. The molecule has 2 saturated carbocycles. The van der Waals surface area contributed by atoms with Crippen molar-refractivity contribution in [2.24, 2.45) is 17.8 Å². The van der Waals surface area contributed by atoms with E-state index in [1.165, 1.54) is 25.7 Å². The van der Waals surface area contributed by atoms with E-state index in [4.69, 9.17) is 5.11 Å². The van der Waals surface area contributed by atoms with Crippen LogP contribution in [0, 0.1) is 17.8 Å². The second kappa shape index (κ2) is 6.26. The number of hydrogen-bond donors (Lipinski definition) is 3. The van der Waals surface area contributed by atoms with Crippen molar-refractivity contribution >= 4 is 12.0 Å². The van der Waals surface area contributed by atoms with Crippen LogP contribution in [0.15, 0.2) is 0 Å². The molecule has 0 saturated heterocycles. The fourth-order valence-electron chi connectivity index (χ4n) is 3.54. The fraction of sp³-hybridized carbons (Fsp3) is 0.857. The predicted molar refractivity (Wildman–Crippen MR) is 71.8 cm³/mol. The number of amides is 2. The molecule has 0 heterocycles. The number of urea groups is 1. The van der Waals surface area contributed by atoms with Crippen molar-refractivity contribution in [1.82, 2.24) is 10.6 Å². The minimum absolute atomic E-state index is 0.0911. The van der Waals surface area contributed by atoms with Gasteiger partial charge in [0.25, 0.3) is 0 Å². The smallest absolute Gasteiger partial charge is 0.315 e. The molecular formula is C14H24N2O3. The van der Waals surface area contributed by atoms with Gasteiger partial charge in [0.1, 0.15) is 0 Å². The van der Waals surface area contributed by atoms with Gasteiger partial charge < -0.3 is 15.7 Å². The van der Waals surface area contributed by atoms with Gasteiger partial charge in [-0.15, -0.1) is 0 Å². The first kappa shape index (κ1) is 14.2. The van der Waals surface area contributed by atoms with Crippen molar-refractivity contribution in [3.63, 3.8) is 0 Å². The number of carbonyl (C=O) groups excluding carboxylic acids is 1. The van der Waals surface area contributed by atoms with Crippen LogP contribution in [-0.4, -0.2) is 29.7 Å². The van der Waals surface area contributed by atoms with Gasteiger partial charge in [-0.2, -0.15) is 0 Å². The Morgan fingerprint density at radius 3 is 2.68 bits per heavy atom. The summed E-state index contributed by atoms with van der Waals surface area (Å²) in [4.78, 5) is 22.1. The summed E-state index contributed by atoms with van der Waals surface area (Å²) in [6.45, 7) is 2.60. The average molecular weight is 268 g/mol. The molecule has 2 aliphatic rings. The molecule has 19 heavy (non-hydrogen) atoms. The SMILES string of the molecule is CC(CCC(=O)O)NC(=O)NCC1CC2CCC1C2. The first-order valence-electron chi connectivity index (χ1n) is 7.30. The van der Waals surface area contributed by atoms with Crippen LogP contribution in [0.1, 0.15) is 45.4 Å². The van der Waals surface area contributed by atoms with Gasteiger partial charge in [0.2, 0.25) is 0 Å². The molecule has 2 bridgehead atoms. The summed E-state index contributed by atoms with van der Waals surface area (Å²) in [5.41, 5.74) is 0. The van der Waals surface area contributed by atoms with Gasteiger partial charge in [0.05, 0.1) is 0 Å². The highest BCUT2D eigenvalue weighted by atomic mass is 16.4. The van der Waals surface area contributed by atoms with Crippen molar-refractivity contribution in [2.45, 2.75) is 51.5 Å². The number of nitrogens with one attached hydrogen (secondary N) is 2. The van der Waals surface area contributed by atoms with E-state index in [1.807, 2.05) is 6.92 Å². The molecule has 2 amide bonds. The summed E-state index contributed by atoms with van der Waals surface area (Å²) in [5.74, 6) is 1.54. The summed E-state index contributed by atoms with van der Waals surface area (Å²) in [6, 6.07) is -0.267. The molecule has 0 aromatic rings. The Morgan fingerprint density at radius 1 is 1.32 bits per heavy atom. The van der Waals surface area contributed by atoms with Crippen molar-refractivity contribution < 1.29 is 14.7 Å². The Balaban J connectivity index is 1.60. The zero-order valence-corrected chi connectivity index (χ0v) is 11.5. The van der Waals surface area contributed by atoms with Crippen LogP contribution in [0.25, 0.3) is 0 Å². The highest BCUT2D eigenvalue weighted by Crippen LogP contribution is 2.47. The number of carboxylic acids is 1. The molecular weight excluding hydrogens is 244 g/mol. The van der Waals surface area contributed by atoms with Gasteiger partial charge >= 0.3 is 12.0 Å². The van der Waals surface area contributed by atoms with Gasteiger partial charge in [0, 0.05) is 19.0 Å². The second-order valence-electron chi connectivity index (χ2n) is 6.12. The molecule has 0 aromatic carbocycles. The van der Waals surface area contributed by atoms with E-state index in [9.17, 15) is 9.59 Å². The molecule has 108 valence electrons. The first-order valence-corrected chi connectivity index (χ1v) is 7.30. The number of hydrogen-bond acceptors (Lipinski definition) is 2. The van der Waals surface area contributed by atoms with Crippen LogP contribution >= 0.6 is 0 Å². The summed E-state index contributed by atoms with van der Waals surface area (Å²) in [5, 5.41) is 14.3. The van der Waals surface area contributed by atoms with Gasteiger partial charge in [-0.05, 0) is 50.4 Å². The maximum absolute atomic E-state index is 11.7. The maximum atomic E-state index is 11.7. The third kappa shape index (κ3) is 4.11. The molecule has 2 aliphatic carbocycles. The van der Waals surface area contributed by atoms with Gasteiger partial charge in [-0.1, -0.05) is 6.42 Å². The number of carbonyl (C=O) groups is 2. The topological polar surface area (TPSA) is 78.4 Å². The van der Waals surface area contributed by atoms with Crippen LogP contribution in [-0.2, 0) is 4.79 Å². The maximum Gasteiger partial charge on any atom is 0.315 e. The second-order valence-corrected chi connectivity index (χ2v) is 6.12. The molecule has 5 nitrogen and oxygen atoms in total. The Hall–Kier alpha value is -1.26. The highest BCUT2D eigenvalue weighted by Gasteiger charge is 2.39. The van der Waals surface area contributed by atoms with Gasteiger partial charge in [-0.25, -0.2) is 4.79 Å². The molecule has 0 aromatic heterocycles. The highest BCUT2D eigenvalue weighted by molar-refractivity contribution is 5.74. The van der Waals surface area contributed by atoms with E-state index < -0.39 is 5.97 Å². The van der Waals surface area contributed by atoms with Crippen molar-refractivity contribution in [3.05, 3.63) is 0 Å². The summed E-state index contributed by atoms with van der Waals surface area (Å²) in [7, 11) is 0. The minimum Gasteiger partial charge on any atom is -0.481 e. The third-order valence-corrected chi connectivity index (χ3v) is 4.58. The molecule has 0 radical (unpaired) electrons. The van der Waals surface area contributed by atoms with E-state index >= 15 is 0 Å². The van der Waals surface area contributed by atoms with Crippen LogP contribution in [0.4, 0.5) is 4.79 Å². The van der Waals surface area contributed by atoms with Crippen LogP contribution in [0.5, 0.6) is 0 Å². The van der Waals surface area contributed by atoms with Crippen LogP contribution in [0.2, 0.25) is 0 Å². The Kier molecular flexibility index (Phi) is 4.66. The zero-order chi connectivity index (χ0) is 13.8. The number of fused-ring (bicyclic) bond motifs is 2. The zero-order valence-electron chi connectivity index (χ0n) is 11.5. The van der Waals surface area contributed by atoms with Crippen LogP contribution in [0.3, 0.4) is 0 Å². The monoisotopic (exact) mass is 268 g/mol.